The van der Waals surface area contributed by atoms with Crippen LogP contribution in [0, 0.1) is 0 Å². The van der Waals surface area contributed by atoms with Gasteiger partial charge in [0.05, 0.1) is 6.61 Å². The number of ether oxygens (including phenoxy) is 2. The average molecular weight is 288 g/mol. The summed E-state index contributed by atoms with van der Waals surface area (Å²) in [7, 11) is 0. The molecule has 0 atom stereocenters. The molecule has 0 fully saturated rings. The van der Waals surface area contributed by atoms with E-state index in [4.69, 9.17) is 26.8 Å². The molecule has 0 spiro atoms. The molecule has 100 valence electrons. The average Bonchev–Trinajstić information content (AvgIpc) is 2.27. The zero-order chi connectivity index (χ0) is 13.2. The molecule has 1 aliphatic rings. The Balaban J connectivity index is 2.10. The molecule has 3 nitrogen and oxygen atoms in total. The van der Waals surface area contributed by atoms with E-state index < -0.39 is 0 Å². The molecular weight excluding hydrogens is 270 g/mol. The van der Waals surface area contributed by atoms with E-state index >= 15 is 0 Å². The van der Waals surface area contributed by atoms with E-state index in [9.17, 15) is 0 Å². The Morgan fingerprint density at radius 3 is 2.94 bits per heavy atom. The standard InChI is InChI=1S/C13H18ClNO2S/c1-13(2,15)7-18-6-10-4-11(14)3-9-5-16-8-17-12(9)10/h3-4H,5-8,15H2,1-2H3. The lowest BCUT2D eigenvalue weighted by Gasteiger charge is -2.22. The predicted molar refractivity (Wildman–Crippen MR) is 76.2 cm³/mol. The third-order valence-corrected chi connectivity index (χ3v) is 4.16. The van der Waals surface area contributed by atoms with Gasteiger partial charge in [-0.1, -0.05) is 11.6 Å². The maximum absolute atomic E-state index is 6.11. The van der Waals surface area contributed by atoms with Gasteiger partial charge < -0.3 is 15.2 Å². The minimum absolute atomic E-state index is 0.159. The first-order valence-electron chi connectivity index (χ1n) is 5.84. The molecule has 1 heterocycles. The smallest absolute Gasteiger partial charge is 0.189 e. The normalized spacial score (nSPS) is 15.1. The molecule has 0 unspecified atom stereocenters. The highest BCUT2D eigenvalue weighted by Crippen LogP contribution is 2.34. The summed E-state index contributed by atoms with van der Waals surface area (Å²) in [4.78, 5) is 0. The van der Waals surface area contributed by atoms with Crippen LogP contribution in [-0.4, -0.2) is 18.1 Å². The largest absolute Gasteiger partial charge is 0.467 e. The van der Waals surface area contributed by atoms with Crippen LogP contribution in [0.2, 0.25) is 5.02 Å². The molecule has 0 bridgehead atoms. The first kappa shape index (κ1) is 14.0. The topological polar surface area (TPSA) is 44.5 Å². The number of nitrogens with two attached hydrogens (primary N) is 1. The van der Waals surface area contributed by atoms with Crippen molar-refractivity contribution in [2.24, 2.45) is 5.73 Å². The highest BCUT2D eigenvalue weighted by Gasteiger charge is 2.17. The molecule has 0 amide bonds. The minimum atomic E-state index is -0.159. The third-order valence-electron chi connectivity index (χ3n) is 2.48. The van der Waals surface area contributed by atoms with Gasteiger partial charge in [-0.2, -0.15) is 11.8 Å². The first-order valence-corrected chi connectivity index (χ1v) is 7.37. The van der Waals surface area contributed by atoms with E-state index in [-0.39, 0.29) is 5.54 Å². The molecule has 2 N–H and O–H groups in total. The molecular formula is C13H18ClNO2S. The van der Waals surface area contributed by atoms with E-state index in [1.165, 1.54) is 0 Å². The van der Waals surface area contributed by atoms with E-state index in [1.54, 1.807) is 11.8 Å². The minimum Gasteiger partial charge on any atom is -0.467 e. The first-order chi connectivity index (χ1) is 8.46. The van der Waals surface area contributed by atoms with Crippen LogP contribution in [0.3, 0.4) is 0 Å². The maximum atomic E-state index is 6.11. The highest BCUT2D eigenvalue weighted by molar-refractivity contribution is 7.98. The van der Waals surface area contributed by atoms with E-state index in [1.807, 2.05) is 26.0 Å². The van der Waals surface area contributed by atoms with Crippen molar-refractivity contribution in [3.05, 3.63) is 28.3 Å². The van der Waals surface area contributed by atoms with Gasteiger partial charge in [-0.15, -0.1) is 0 Å². The van der Waals surface area contributed by atoms with Crippen molar-refractivity contribution in [2.45, 2.75) is 31.7 Å². The summed E-state index contributed by atoms with van der Waals surface area (Å²) in [6.07, 6.45) is 0. The Morgan fingerprint density at radius 1 is 1.44 bits per heavy atom. The molecule has 18 heavy (non-hydrogen) atoms. The second kappa shape index (κ2) is 5.70. The number of hydrogen-bond acceptors (Lipinski definition) is 4. The fraction of sp³-hybridized carbons (Fsp3) is 0.538. The number of benzene rings is 1. The van der Waals surface area contributed by atoms with Crippen LogP contribution < -0.4 is 10.5 Å². The molecule has 0 saturated heterocycles. The van der Waals surface area contributed by atoms with Gasteiger partial charge in [0.25, 0.3) is 0 Å². The summed E-state index contributed by atoms with van der Waals surface area (Å²) >= 11 is 7.90. The molecule has 0 radical (unpaired) electrons. The Kier molecular flexibility index (Phi) is 4.43. The summed E-state index contributed by atoms with van der Waals surface area (Å²) in [6, 6.07) is 3.86. The Labute approximate surface area is 117 Å². The zero-order valence-corrected chi connectivity index (χ0v) is 12.2. The number of fused-ring (bicyclic) bond motifs is 1. The number of hydrogen-bond donors (Lipinski definition) is 1. The molecule has 1 aromatic rings. The van der Waals surface area contributed by atoms with E-state index in [0.717, 1.165) is 33.4 Å². The predicted octanol–water partition coefficient (Wildman–Crippen LogP) is 3.18. The zero-order valence-electron chi connectivity index (χ0n) is 10.7. The summed E-state index contributed by atoms with van der Waals surface area (Å²) in [6.45, 7) is 4.93. The van der Waals surface area contributed by atoms with Crippen LogP contribution in [-0.2, 0) is 17.1 Å². The van der Waals surface area contributed by atoms with Gasteiger partial charge in [0.15, 0.2) is 6.79 Å². The SMILES string of the molecule is CC(C)(N)CSCc1cc(Cl)cc2c1OCOC2. The van der Waals surface area contributed by atoms with Crippen molar-refractivity contribution in [1.29, 1.82) is 0 Å². The lowest BCUT2D eigenvalue weighted by Crippen LogP contribution is -2.34. The molecule has 0 saturated carbocycles. The quantitative estimate of drug-likeness (QED) is 0.924. The molecule has 0 aliphatic carbocycles. The van der Waals surface area contributed by atoms with Crippen molar-refractivity contribution in [3.8, 4) is 5.75 Å². The maximum Gasteiger partial charge on any atom is 0.189 e. The number of halogens is 1. The lowest BCUT2D eigenvalue weighted by molar-refractivity contribution is -0.0168. The number of rotatable bonds is 4. The van der Waals surface area contributed by atoms with Gasteiger partial charge in [0.1, 0.15) is 5.75 Å². The lowest BCUT2D eigenvalue weighted by atomic mass is 10.1. The number of thioether (sulfide) groups is 1. The molecule has 1 aromatic carbocycles. The van der Waals surface area contributed by atoms with Gasteiger partial charge in [0.2, 0.25) is 0 Å². The van der Waals surface area contributed by atoms with Crippen molar-refractivity contribution < 1.29 is 9.47 Å². The van der Waals surface area contributed by atoms with Gasteiger partial charge >= 0.3 is 0 Å². The Morgan fingerprint density at radius 2 is 2.22 bits per heavy atom. The van der Waals surface area contributed by atoms with Crippen LogP contribution in [0.4, 0.5) is 0 Å². The molecule has 0 aromatic heterocycles. The molecule has 5 heteroatoms. The van der Waals surface area contributed by atoms with Gasteiger partial charge in [0, 0.05) is 33.2 Å². The van der Waals surface area contributed by atoms with Crippen LogP contribution in [0.5, 0.6) is 5.75 Å². The third kappa shape index (κ3) is 3.79. The van der Waals surface area contributed by atoms with Gasteiger partial charge in [-0.25, -0.2) is 0 Å². The molecule has 1 aliphatic heterocycles. The Bertz CT molecular complexity index is 432. The van der Waals surface area contributed by atoms with E-state index in [0.29, 0.717) is 13.4 Å². The second-order valence-electron chi connectivity index (χ2n) is 5.15. The second-order valence-corrected chi connectivity index (χ2v) is 6.57. The monoisotopic (exact) mass is 287 g/mol. The van der Waals surface area contributed by atoms with Crippen molar-refractivity contribution in [3.63, 3.8) is 0 Å². The van der Waals surface area contributed by atoms with Gasteiger partial charge in [-0.05, 0) is 26.0 Å². The van der Waals surface area contributed by atoms with Gasteiger partial charge in [-0.3, -0.25) is 0 Å². The van der Waals surface area contributed by atoms with E-state index in [2.05, 4.69) is 0 Å². The van der Waals surface area contributed by atoms with Crippen molar-refractivity contribution >= 4 is 23.4 Å². The summed E-state index contributed by atoms with van der Waals surface area (Å²) in [5.41, 5.74) is 7.95. The summed E-state index contributed by atoms with van der Waals surface area (Å²) in [5, 5.41) is 0.727. The van der Waals surface area contributed by atoms with Crippen LogP contribution in [0.25, 0.3) is 0 Å². The highest BCUT2D eigenvalue weighted by atomic mass is 35.5. The molecule has 2 rings (SSSR count). The summed E-state index contributed by atoms with van der Waals surface area (Å²) in [5.74, 6) is 2.67. The fourth-order valence-corrected chi connectivity index (χ4v) is 3.11. The van der Waals surface area contributed by atoms with Crippen molar-refractivity contribution in [1.82, 2.24) is 0 Å². The van der Waals surface area contributed by atoms with Crippen molar-refractivity contribution in [2.75, 3.05) is 12.5 Å². The summed E-state index contributed by atoms with van der Waals surface area (Å²) < 4.78 is 10.8. The van der Waals surface area contributed by atoms with Crippen LogP contribution >= 0.6 is 23.4 Å². The van der Waals surface area contributed by atoms with Crippen LogP contribution in [0.15, 0.2) is 12.1 Å². The fourth-order valence-electron chi connectivity index (χ4n) is 1.79. The van der Waals surface area contributed by atoms with Crippen LogP contribution in [0.1, 0.15) is 25.0 Å². The Hall–Kier alpha value is -0.420.